The second kappa shape index (κ2) is 7.62. The van der Waals surface area contributed by atoms with Crippen LogP contribution < -0.4 is 0 Å². The highest BCUT2D eigenvalue weighted by molar-refractivity contribution is 5.49. The molecule has 0 spiro atoms. The molecule has 0 amide bonds. The van der Waals surface area contributed by atoms with Crippen molar-refractivity contribution < 1.29 is 4.79 Å². The molecule has 9 atom stereocenters. The van der Waals surface area contributed by atoms with Gasteiger partial charge in [0.15, 0.2) is 0 Å². The van der Waals surface area contributed by atoms with Crippen LogP contribution in [0.2, 0.25) is 0 Å². The van der Waals surface area contributed by atoms with Crippen molar-refractivity contribution >= 4 is 6.29 Å². The van der Waals surface area contributed by atoms with Gasteiger partial charge in [0.1, 0.15) is 6.29 Å². The van der Waals surface area contributed by atoms with Gasteiger partial charge < -0.3 is 4.79 Å². The quantitative estimate of drug-likeness (QED) is 0.319. The van der Waals surface area contributed by atoms with Gasteiger partial charge in [-0.15, -0.1) is 12.3 Å². The molecule has 0 radical (unpaired) electrons. The van der Waals surface area contributed by atoms with Crippen LogP contribution in [-0.2, 0) is 4.79 Å². The Morgan fingerprint density at radius 3 is 2.28 bits per heavy atom. The first-order chi connectivity index (χ1) is 14.8. The van der Waals surface area contributed by atoms with Crippen LogP contribution in [0.5, 0.6) is 0 Å². The lowest BCUT2D eigenvalue weighted by Crippen LogP contribution is -2.63. The molecule has 0 heterocycles. The molecular formula is C31H50O. The number of aldehydes is 1. The van der Waals surface area contributed by atoms with Gasteiger partial charge in [-0.25, -0.2) is 0 Å². The summed E-state index contributed by atoms with van der Waals surface area (Å²) in [5, 5.41) is 0. The van der Waals surface area contributed by atoms with Crippen molar-refractivity contribution in [3.05, 3.63) is 0 Å². The first kappa shape index (κ1) is 24.4. The van der Waals surface area contributed by atoms with E-state index >= 15 is 0 Å². The van der Waals surface area contributed by atoms with Crippen molar-refractivity contribution in [2.24, 2.45) is 62.6 Å². The number of rotatable bonds is 4. The average molecular weight is 439 g/mol. The SMILES string of the molecule is C#CC1(C)CC[C@@]2(C)[C@@H](C1)CC(C)(C)[C@@H]1[C@@H]2CC(C)(C)[C@]2(C)C(C(C)CCC=O)CC[C@@H]12. The van der Waals surface area contributed by atoms with E-state index in [0.717, 1.165) is 48.7 Å². The average Bonchev–Trinajstić information content (AvgIpc) is 3.06. The lowest BCUT2D eigenvalue weighted by molar-refractivity contribution is -0.216. The van der Waals surface area contributed by atoms with E-state index < -0.39 is 0 Å². The van der Waals surface area contributed by atoms with Crippen molar-refractivity contribution in [2.45, 2.75) is 113 Å². The Kier molecular flexibility index (Phi) is 5.80. The van der Waals surface area contributed by atoms with Gasteiger partial charge in [-0.05, 0) is 115 Å². The predicted octanol–water partition coefficient (Wildman–Crippen LogP) is 8.17. The van der Waals surface area contributed by atoms with E-state index in [9.17, 15) is 4.79 Å². The van der Waals surface area contributed by atoms with Gasteiger partial charge in [-0.3, -0.25) is 0 Å². The maximum atomic E-state index is 11.1. The molecule has 3 unspecified atom stereocenters. The summed E-state index contributed by atoms with van der Waals surface area (Å²) in [7, 11) is 0. The summed E-state index contributed by atoms with van der Waals surface area (Å²) in [5.41, 5.74) is 1.63. The van der Waals surface area contributed by atoms with Crippen molar-refractivity contribution in [3.63, 3.8) is 0 Å². The summed E-state index contributed by atoms with van der Waals surface area (Å²) in [6.07, 6.45) is 18.2. The molecule has 0 aromatic carbocycles. The van der Waals surface area contributed by atoms with Crippen LogP contribution >= 0.6 is 0 Å². The predicted molar refractivity (Wildman–Crippen MR) is 135 cm³/mol. The molecule has 0 aromatic rings. The highest BCUT2D eigenvalue weighted by Crippen LogP contribution is 2.76. The number of fused-ring (bicyclic) bond motifs is 5. The van der Waals surface area contributed by atoms with E-state index in [1.165, 1.54) is 44.9 Å². The summed E-state index contributed by atoms with van der Waals surface area (Å²) in [5.74, 6) is 7.81. The summed E-state index contributed by atoms with van der Waals surface area (Å²) in [4.78, 5) is 11.1. The normalized spacial score (nSPS) is 49.8. The molecule has 1 nitrogen and oxygen atoms in total. The van der Waals surface area contributed by atoms with Crippen molar-refractivity contribution in [1.29, 1.82) is 0 Å². The molecule has 1 heteroatoms. The number of carbonyl (C=O) groups is 1. The Labute approximate surface area is 199 Å². The summed E-state index contributed by atoms with van der Waals surface area (Å²) in [6, 6.07) is 0. The molecule has 180 valence electrons. The van der Waals surface area contributed by atoms with Gasteiger partial charge >= 0.3 is 0 Å². The monoisotopic (exact) mass is 438 g/mol. The fourth-order valence-electron chi connectivity index (χ4n) is 10.4. The van der Waals surface area contributed by atoms with Gasteiger partial charge in [0.25, 0.3) is 0 Å². The fourth-order valence-corrected chi connectivity index (χ4v) is 10.4. The lowest BCUT2D eigenvalue weighted by atomic mass is 9.34. The Balaban J connectivity index is 1.73. The molecule has 0 N–H and O–H groups in total. The maximum absolute atomic E-state index is 11.1. The van der Waals surface area contributed by atoms with Crippen molar-refractivity contribution in [2.75, 3.05) is 0 Å². The van der Waals surface area contributed by atoms with E-state index in [0.29, 0.717) is 27.6 Å². The molecule has 0 saturated heterocycles. The summed E-state index contributed by atoms with van der Waals surface area (Å²) >= 11 is 0. The Morgan fingerprint density at radius 1 is 0.969 bits per heavy atom. The van der Waals surface area contributed by atoms with E-state index in [2.05, 4.69) is 61.3 Å². The van der Waals surface area contributed by atoms with Crippen LogP contribution in [0.15, 0.2) is 0 Å². The van der Waals surface area contributed by atoms with E-state index in [4.69, 9.17) is 6.42 Å². The van der Waals surface area contributed by atoms with Crippen LogP contribution in [0.3, 0.4) is 0 Å². The second-order valence-corrected chi connectivity index (χ2v) is 14.8. The number of carbonyl (C=O) groups excluding carboxylic acids is 1. The fraction of sp³-hybridized carbons (Fsp3) is 0.903. The first-order valence-electron chi connectivity index (χ1n) is 13.7. The third kappa shape index (κ3) is 3.28. The van der Waals surface area contributed by atoms with Gasteiger partial charge in [0.05, 0.1) is 0 Å². The van der Waals surface area contributed by atoms with Crippen LogP contribution in [0.1, 0.15) is 113 Å². The molecule has 32 heavy (non-hydrogen) atoms. The van der Waals surface area contributed by atoms with Gasteiger partial charge in [-0.1, -0.05) is 48.5 Å². The van der Waals surface area contributed by atoms with Gasteiger partial charge in [-0.2, -0.15) is 0 Å². The molecule has 4 fully saturated rings. The Hall–Kier alpha value is -0.770. The molecule has 4 saturated carbocycles. The zero-order valence-corrected chi connectivity index (χ0v) is 22.4. The third-order valence-electron chi connectivity index (χ3n) is 12.5. The molecule has 4 aliphatic carbocycles. The van der Waals surface area contributed by atoms with Crippen molar-refractivity contribution in [3.8, 4) is 12.3 Å². The molecule has 4 aliphatic rings. The lowest BCUT2D eigenvalue weighted by Gasteiger charge is -2.70. The Bertz CT molecular complexity index is 785. The van der Waals surface area contributed by atoms with Crippen LogP contribution in [0.25, 0.3) is 0 Å². The second-order valence-electron chi connectivity index (χ2n) is 14.8. The summed E-state index contributed by atoms with van der Waals surface area (Å²) in [6.45, 7) is 20.5. The molecule has 0 bridgehead atoms. The van der Waals surface area contributed by atoms with E-state index in [1.807, 2.05) is 0 Å². The van der Waals surface area contributed by atoms with Crippen LogP contribution in [0.4, 0.5) is 0 Å². The minimum atomic E-state index is 0.0955. The van der Waals surface area contributed by atoms with Gasteiger partial charge in [0.2, 0.25) is 0 Å². The first-order valence-corrected chi connectivity index (χ1v) is 13.7. The largest absolute Gasteiger partial charge is 0.303 e. The minimum Gasteiger partial charge on any atom is -0.303 e. The topological polar surface area (TPSA) is 17.1 Å². The van der Waals surface area contributed by atoms with Gasteiger partial charge in [0, 0.05) is 11.8 Å². The number of hydrogen-bond acceptors (Lipinski definition) is 1. The zero-order valence-electron chi connectivity index (χ0n) is 22.4. The molecule has 0 aromatic heterocycles. The maximum Gasteiger partial charge on any atom is 0.120 e. The highest BCUT2D eigenvalue weighted by atomic mass is 16.1. The van der Waals surface area contributed by atoms with Crippen molar-refractivity contribution in [1.82, 2.24) is 0 Å². The molecular weight excluding hydrogens is 388 g/mol. The molecule has 4 rings (SSSR count). The number of hydrogen-bond donors (Lipinski definition) is 0. The number of terminal acetylenes is 1. The zero-order chi connectivity index (χ0) is 23.7. The van der Waals surface area contributed by atoms with E-state index in [-0.39, 0.29) is 5.41 Å². The highest BCUT2D eigenvalue weighted by Gasteiger charge is 2.69. The molecule has 0 aliphatic heterocycles. The summed E-state index contributed by atoms with van der Waals surface area (Å²) < 4.78 is 0. The smallest absolute Gasteiger partial charge is 0.120 e. The van der Waals surface area contributed by atoms with Crippen LogP contribution in [-0.4, -0.2) is 6.29 Å². The minimum absolute atomic E-state index is 0.0955. The standard InChI is InChI=1S/C31H50O/c1-10-29(7)15-16-30(8)22(19-29)18-27(3,4)26-24-14-13-23(21(2)12-11-17-32)31(24,9)28(5,6)20-25(26)30/h1,17,21-26H,11-16,18-20H2,2-9H3/t21?,22-,23?,24+,25+,26+,29?,30+,31-/m1/s1. The Morgan fingerprint density at radius 2 is 1.66 bits per heavy atom. The third-order valence-corrected chi connectivity index (χ3v) is 12.5. The van der Waals surface area contributed by atoms with E-state index in [1.54, 1.807) is 0 Å². The van der Waals surface area contributed by atoms with Crippen LogP contribution in [0, 0.1) is 74.9 Å².